The lowest BCUT2D eigenvalue weighted by atomic mass is 10.0. The Labute approximate surface area is 165 Å². The number of carbonyl (C=O) groups is 2. The molecule has 0 saturated heterocycles. The van der Waals surface area contributed by atoms with Crippen molar-refractivity contribution < 1.29 is 14.3 Å². The van der Waals surface area contributed by atoms with Gasteiger partial charge >= 0.3 is 6.09 Å². The molecule has 0 bridgehead atoms. The fraction of sp³-hybridized carbons (Fsp3) is 0.300. The highest BCUT2D eigenvalue weighted by atomic mass is 35.5. The van der Waals surface area contributed by atoms with Crippen LogP contribution in [0.15, 0.2) is 42.5 Å². The molecule has 2 N–H and O–H groups in total. The Morgan fingerprint density at radius 2 is 1.78 bits per heavy atom. The van der Waals surface area contributed by atoms with Crippen LogP contribution in [0, 0.1) is 0 Å². The van der Waals surface area contributed by atoms with E-state index in [4.69, 9.17) is 4.74 Å². The lowest BCUT2D eigenvalue weighted by Gasteiger charge is -2.25. The number of nitrogens with zero attached hydrogens (tertiary/aromatic N) is 1. The first kappa shape index (κ1) is 20.7. The molecular weight excluding hydrogens is 366 g/mol. The van der Waals surface area contributed by atoms with Gasteiger partial charge in [-0.25, -0.2) is 4.79 Å². The Kier molecular flexibility index (Phi) is 7.21. The number of aryl methyl sites for hydroxylation is 2. The van der Waals surface area contributed by atoms with Gasteiger partial charge < -0.3 is 10.1 Å². The van der Waals surface area contributed by atoms with Crippen molar-refractivity contribution in [3.05, 3.63) is 53.6 Å². The van der Waals surface area contributed by atoms with E-state index in [1.54, 1.807) is 18.9 Å². The molecule has 2 aromatic rings. The number of fused-ring (bicyclic) bond motifs is 2. The number of benzene rings is 2. The minimum absolute atomic E-state index is 0. The molecule has 2 amide bonds. The van der Waals surface area contributed by atoms with Crippen LogP contribution in [0.3, 0.4) is 0 Å². The molecule has 27 heavy (non-hydrogen) atoms. The second kappa shape index (κ2) is 9.39. The Bertz CT molecular complexity index is 826. The summed E-state index contributed by atoms with van der Waals surface area (Å²) in [6, 6.07) is 13.6. The average molecular weight is 390 g/mol. The number of ether oxygens (including phenoxy) is 1. The first-order valence-corrected chi connectivity index (χ1v) is 8.76. The van der Waals surface area contributed by atoms with Gasteiger partial charge in [0.25, 0.3) is 0 Å². The van der Waals surface area contributed by atoms with Crippen molar-refractivity contribution in [3.63, 3.8) is 0 Å². The van der Waals surface area contributed by atoms with Crippen molar-refractivity contribution in [2.75, 3.05) is 30.4 Å². The largest absolute Gasteiger partial charge is 0.450 e. The molecule has 0 saturated carbocycles. The number of hydrogen-bond acceptors (Lipinski definition) is 4. The molecule has 1 aliphatic heterocycles. The number of anilines is 3. The Balaban J connectivity index is 0.00000261. The first-order valence-electron chi connectivity index (χ1n) is 8.76. The van der Waals surface area contributed by atoms with Gasteiger partial charge in [-0.2, -0.15) is 0 Å². The summed E-state index contributed by atoms with van der Waals surface area (Å²) in [7, 11) is 1.75. The number of nitrogens with one attached hydrogen (secondary N) is 2. The second-order valence-corrected chi connectivity index (χ2v) is 6.08. The maximum absolute atomic E-state index is 12.9. The van der Waals surface area contributed by atoms with Crippen molar-refractivity contribution in [2.24, 2.45) is 0 Å². The van der Waals surface area contributed by atoms with Crippen molar-refractivity contribution in [1.29, 1.82) is 0 Å². The summed E-state index contributed by atoms with van der Waals surface area (Å²) < 4.78 is 4.94. The van der Waals surface area contributed by atoms with Crippen molar-refractivity contribution in [3.8, 4) is 0 Å². The van der Waals surface area contributed by atoms with E-state index in [-0.39, 0.29) is 24.9 Å². The minimum atomic E-state index is -0.505. The Morgan fingerprint density at radius 3 is 2.48 bits per heavy atom. The molecule has 0 spiro atoms. The van der Waals surface area contributed by atoms with Crippen molar-refractivity contribution >= 4 is 41.5 Å². The number of hydrogen-bond donors (Lipinski definition) is 2. The predicted molar refractivity (Wildman–Crippen MR) is 109 cm³/mol. The zero-order valence-electron chi connectivity index (χ0n) is 15.5. The Hall–Kier alpha value is -2.57. The van der Waals surface area contributed by atoms with Gasteiger partial charge in [0.15, 0.2) is 0 Å². The number of carbonyl (C=O) groups excluding carboxylic acids is 2. The van der Waals surface area contributed by atoms with Crippen LogP contribution in [-0.2, 0) is 22.4 Å². The molecule has 0 aromatic heterocycles. The second-order valence-electron chi connectivity index (χ2n) is 6.08. The fourth-order valence-corrected chi connectivity index (χ4v) is 3.18. The van der Waals surface area contributed by atoms with E-state index in [9.17, 15) is 9.59 Å². The summed E-state index contributed by atoms with van der Waals surface area (Å²) in [5.74, 6) is -0.0450. The molecule has 7 heteroatoms. The lowest BCUT2D eigenvalue weighted by Crippen LogP contribution is -2.34. The molecule has 6 nitrogen and oxygen atoms in total. The molecule has 144 valence electrons. The van der Waals surface area contributed by atoms with Crippen molar-refractivity contribution in [2.45, 2.75) is 19.8 Å². The SMILES string of the molecule is CCOC(=O)Nc1ccc2c(c1)N(C(=O)CNC)c1ccccc1CC2.Cl. The van der Waals surface area contributed by atoms with E-state index in [1.807, 2.05) is 36.4 Å². The van der Waals surface area contributed by atoms with E-state index in [1.165, 1.54) is 0 Å². The first-order chi connectivity index (χ1) is 12.6. The van der Waals surface area contributed by atoms with Crippen LogP contribution in [0.5, 0.6) is 0 Å². The van der Waals surface area contributed by atoms with Crippen LogP contribution in [-0.4, -0.2) is 32.2 Å². The van der Waals surface area contributed by atoms with Gasteiger partial charge in [0.2, 0.25) is 5.91 Å². The number of likely N-dealkylation sites (N-methyl/N-ethyl adjacent to an activating group) is 1. The normalized spacial score (nSPS) is 12.1. The zero-order chi connectivity index (χ0) is 18.5. The lowest BCUT2D eigenvalue weighted by molar-refractivity contribution is -0.117. The maximum atomic E-state index is 12.9. The molecule has 0 atom stereocenters. The molecule has 1 heterocycles. The number of amides is 2. The number of para-hydroxylation sites is 1. The molecule has 0 aliphatic carbocycles. The summed E-state index contributed by atoms with van der Waals surface area (Å²) in [6.07, 6.45) is 1.18. The third-order valence-electron chi connectivity index (χ3n) is 4.32. The van der Waals surface area contributed by atoms with Gasteiger partial charge in [-0.15, -0.1) is 12.4 Å². The highest BCUT2D eigenvalue weighted by molar-refractivity contribution is 6.04. The number of halogens is 1. The topological polar surface area (TPSA) is 70.7 Å². The van der Waals surface area contributed by atoms with Gasteiger partial charge in [0.1, 0.15) is 0 Å². The third-order valence-corrected chi connectivity index (χ3v) is 4.32. The maximum Gasteiger partial charge on any atom is 0.411 e. The fourth-order valence-electron chi connectivity index (χ4n) is 3.18. The van der Waals surface area contributed by atoms with Crippen LogP contribution in [0.25, 0.3) is 0 Å². The summed E-state index contributed by atoms with van der Waals surface area (Å²) in [4.78, 5) is 26.3. The van der Waals surface area contributed by atoms with Gasteiger partial charge in [0.05, 0.1) is 24.5 Å². The Morgan fingerprint density at radius 1 is 1.07 bits per heavy atom. The smallest absolute Gasteiger partial charge is 0.411 e. The van der Waals surface area contributed by atoms with E-state index >= 15 is 0 Å². The van der Waals surface area contributed by atoms with Gasteiger partial charge in [-0.3, -0.25) is 15.0 Å². The zero-order valence-corrected chi connectivity index (χ0v) is 16.3. The highest BCUT2D eigenvalue weighted by Gasteiger charge is 2.25. The van der Waals surface area contributed by atoms with Gasteiger partial charge in [0, 0.05) is 5.69 Å². The molecule has 1 aliphatic rings. The summed E-state index contributed by atoms with van der Waals surface area (Å²) in [5.41, 5.74) is 4.49. The molecular formula is C20H24ClN3O3. The van der Waals surface area contributed by atoms with Crippen molar-refractivity contribution in [1.82, 2.24) is 5.32 Å². The monoisotopic (exact) mass is 389 g/mol. The number of rotatable bonds is 4. The van der Waals surface area contributed by atoms with Crippen LogP contribution in [0.4, 0.5) is 21.9 Å². The summed E-state index contributed by atoms with van der Waals surface area (Å²) >= 11 is 0. The van der Waals surface area contributed by atoms with Crippen LogP contribution in [0.1, 0.15) is 18.1 Å². The predicted octanol–water partition coefficient (Wildman–Crippen LogP) is 3.66. The van der Waals surface area contributed by atoms with E-state index in [0.717, 1.165) is 35.3 Å². The molecule has 2 aromatic carbocycles. The van der Waals surface area contributed by atoms with Gasteiger partial charge in [-0.05, 0) is 56.1 Å². The van der Waals surface area contributed by atoms with Gasteiger partial charge in [-0.1, -0.05) is 24.3 Å². The van der Waals surface area contributed by atoms with E-state index in [0.29, 0.717) is 12.3 Å². The molecule has 0 fully saturated rings. The van der Waals surface area contributed by atoms with Crippen LogP contribution in [0.2, 0.25) is 0 Å². The average Bonchev–Trinajstić information content (AvgIpc) is 2.78. The quantitative estimate of drug-likeness (QED) is 0.837. The van der Waals surface area contributed by atoms with Crippen LogP contribution < -0.4 is 15.5 Å². The molecule has 0 unspecified atom stereocenters. The van der Waals surface area contributed by atoms with Crippen LogP contribution >= 0.6 is 12.4 Å². The highest BCUT2D eigenvalue weighted by Crippen LogP contribution is 2.37. The molecule has 3 rings (SSSR count). The summed E-state index contributed by atoms with van der Waals surface area (Å²) in [6.45, 7) is 2.28. The standard InChI is InChI=1S/C20H23N3O3.ClH/c1-3-26-20(25)22-16-11-10-15-9-8-14-6-4-5-7-17(14)23(18(15)12-16)19(24)13-21-2;/h4-7,10-12,21H,3,8-9,13H2,1-2H3,(H,22,25);1H. The summed E-state index contributed by atoms with van der Waals surface area (Å²) in [5, 5.41) is 5.64. The van der Waals surface area contributed by atoms with E-state index < -0.39 is 6.09 Å². The third kappa shape index (κ3) is 4.59. The minimum Gasteiger partial charge on any atom is -0.450 e. The molecule has 0 radical (unpaired) electrons. The van der Waals surface area contributed by atoms with E-state index in [2.05, 4.69) is 16.7 Å².